The van der Waals surface area contributed by atoms with Gasteiger partial charge in [0.05, 0.1) is 11.7 Å². The van der Waals surface area contributed by atoms with Crippen molar-refractivity contribution in [2.45, 2.75) is 89.9 Å². The van der Waals surface area contributed by atoms with Crippen LogP contribution in [0.1, 0.15) is 82.9 Å². The first-order valence-corrected chi connectivity index (χ1v) is 12.1. The lowest BCUT2D eigenvalue weighted by Crippen LogP contribution is -2.54. The van der Waals surface area contributed by atoms with Crippen molar-refractivity contribution in [3.63, 3.8) is 0 Å². The summed E-state index contributed by atoms with van der Waals surface area (Å²) in [6, 6.07) is -0.0378. The van der Waals surface area contributed by atoms with Crippen molar-refractivity contribution in [2.24, 2.45) is 0 Å². The largest absolute Gasteiger partial charge is 0.373 e. The molecule has 2 N–H and O–H groups in total. The summed E-state index contributed by atoms with van der Waals surface area (Å²) in [6.45, 7) is 11.4. The molecule has 7 heteroatoms. The van der Waals surface area contributed by atoms with Crippen molar-refractivity contribution in [2.75, 3.05) is 32.5 Å². The highest BCUT2D eigenvalue weighted by atomic mass is 16.2. The third kappa shape index (κ3) is 4.99. The van der Waals surface area contributed by atoms with Crippen LogP contribution in [0.4, 0.5) is 5.82 Å². The molecule has 0 saturated carbocycles. The number of likely N-dealkylation sites (tertiary alicyclic amines) is 1. The molecule has 0 unspecified atom stereocenters. The van der Waals surface area contributed by atoms with Crippen LogP contribution in [-0.4, -0.2) is 63.9 Å². The summed E-state index contributed by atoms with van der Waals surface area (Å²) in [5.74, 6) is 1.94. The van der Waals surface area contributed by atoms with Crippen LogP contribution < -0.4 is 10.6 Å². The molecule has 1 amide bonds. The van der Waals surface area contributed by atoms with E-state index in [4.69, 9.17) is 9.97 Å². The Morgan fingerprint density at radius 1 is 1.22 bits per heavy atom. The maximum Gasteiger partial charge on any atom is 0.227 e. The number of amides is 1. The SMILES string of the molecule is CNc1nc([C@H]2CCCCN2C(=O)CC2=CC(C)(C)NC(C)(C)C2)nc2c1CCN(C)C2. The van der Waals surface area contributed by atoms with E-state index in [0.29, 0.717) is 6.42 Å². The molecule has 1 aromatic heterocycles. The summed E-state index contributed by atoms with van der Waals surface area (Å²) < 4.78 is 0. The van der Waals surface area contributed by atoms with Crippen LogP contribution in [0.3, 0.4) is 0 Å². The molecule has 3 aliphatic heterocycles. The van der Waals surface area contributed by atoms with Gasteiger partial charge < -0.3 is 20.4 Å². The number of anilines is 1. The second kappa shape index (κ2) is 8.75. The van der Waals surface area contributed by atoms with Gasteiger partial charge in [0, 0.05) is 49.7 Å². The van der Waals surface area contributed by atoms with E-state index >= 15 is 0 Å². The monoisotopic (exact) mass is 440 g/mol. The Morgan fingerprint density at radius 2 is 2.00 bits per heavy atom. The highest BCUT2D eigenvalue weighted by molar-refractivity contribution is 5.79. The van der Waals surface area contributed by atoms with E-state index in [1.54, 1.807) is 0 Å². The first-order valence-electron chi connectivity index (χ1n) is 12.1. The average Bonchev–Trinajstić information content (AvgIpc) is 2.70. The van der Waals surface area contributed by atoms with E-state index in [2.05, 4.69) is 61.3 Å². The van der Waals surface area contributed by atoms with E-state index < -0.39 is 0 Å². The molecule has 4 rings (SSSR count). The van der Waals surface area contributed by atoms with Crippen molar-refractivity contribution in [1.29, 1.82) is 0 Å². The molecule has 0 bridgehead atoms. The average molecular weight is 441 g/mol. The molecular formula is C25H40N6O. The maximum atomic E-state index is 13.6. The molecule has 0 radical (unpaired) electrons. The number of carbonyl (C=O) groups excluding carboxylic acids is 1. The zero-order valence-electron chi connectivity index (χ0n) is 20.7. The van der Waals surface area contributed by atoms with Crippen LogP contribution in [-0.2, 0) is 17.8 Å². The predicted molar refractivity (Wildman–Crippen MR) is 129 cm³/mol. The first kappa shape index (κ1) is 23.2. The fourth-order valence-corrected chi connectivity index (χ4v) is 5.93. The topological polar surface area (TPSA) is 73.4 Å². The quantitative estimate of drug-likeness (QED) is 0.699. The standard InChI is InChI=1S/C25H40N6O/c1-24(2)14-17(15-25(3,4)29-24)13-21(32)31-11-8-7-9-20(31)23-27-19-16-30(6)12-10-18(19)22(26-5)28-23/h14,20,29H,7-13,15-16H2,1-6H3,(H,26,27,28)/t20-/m1/s1. The zero-order valence-corrected chi connectivity index (χ0v) is 20.7. The van der Waals surface area contributed by atoms with Gasteiger partial charge in [-0.1, -0.05) is 11.6 Å². The van der Waals surface area contributed by atoms with Gasteiger partial charge in [-0.25, -0.2) is 9.97 Å². The van der Waals surface area contributed by atoms with Gasteiger partial charge in [0.1, 0.15) is 5.82 Å². The number of nitrogens with zero attached hydrogens (tertiary/aromatic N) is 4. The minimum Gasteiger partial charge on any atom is -0.373 e. The fraction of sp³-hybridized carbons (Fsp3) is 0.720. The van der Waals surface area contributed by atoms with Gasteiger partial charge in [-0.05, 0) is 66.8 Å². The lowest BCUT2D eigenvalue weighted by atomic mass is 9.82. The summed E-state index contributed by atoms with van der Waals surface area (Å²) in [6.07, 6.45) is 7.68. The zero-order chi connectivity index (χ0) is 23.1. The molecule has 0 aromatic carbocycles. The molecule has 7 nitrogen and oxygen atoms in total. The number of hydrogen-bond donors (Lipinski definition) is 2. The van der Waals surface area contributed by atoms with Crippen LogP contribution in [0, 0.1) is 0 Å². The molecule has 176 valence electrons. The van der Waals surface area contributed by atoms with Crippen molar-refractivity contribution in [3.05, 3.63) is 28.7 Å². The second-order valence-electron chi connectivity index (χ2n) is 11.1. The smallest absolute Gasteiger partial charge is 0.227 e. The molecular weight excluding hydrogens is 400 g/mol. The summed E-state index contributed by atoms with van der Waals surface area (Å²) >= 11 is 0. The number of fused-ring (bicyclic) bond motifs is 1. The Balaban J connectivity index is 1.59. The normalized spacial score (nSPS) is 25.1. The minimum absolute atomic E-state index is 0.00943. The third-order valence-electron chi connectivity index (χ3n) is 6.90. The lowest BCUT2D eigenvalue weighted by molar-refractivity contribution is -0.134. The van der Waals surface area contributed by atoms with E-state index in [9.17, 15) is 4.79 Å². The number of hydrogen-bond acceptors (Lipinski definition) is 6. The van der Waals surface area contributed by atoms with Crippen LogP contribution in [0.15, 0.2) is 11.6 Å². The molecule has 1 atom stereocenters. The molecule has 32 heavy (non-hydrogen) atoms. The lowest BCUT2D eigenvalue weighted by Gasteiger charge is -2.42. The van der Waals surface area contributed by atoms with Crippen LogP contribution >= 0.6 is 0 Å². The fourth-order valence-electron chi connectivity index (χ4n) is 5.93. The Kier molecular flexibility index (Phi) is 6.34. The van der Waals surface area contributed by atoms with Crippen molar-refractivity contribution in [1.82, 2.24) is 25.1 Å². The maximum absolute atomic E-state index is 13.6. The van der Waals surface area contributed by atoms with E-state index in [-0.39, 0.29) is 23.0 Å². The predicted octanol–water partition coefficient (Wildman–Crippen LogP) is 3.43. The minimum atomic E-state index is -0.103. The molecule has 1 aromatic rings. The summed E-state index contributed by atoms with van der Waals surface area (Å²) in [5, 5.41) is 6.95. The number of aromatic nitrogens is 2. The molecule has 0 aliphatic carbocycles. The Labute approximate surface area is 193 Å². The van der Waals surface area contributed by atoms with Crippen LogP contribution in [0.5, 0.6) is 0 Å². The van der Waals surface area contributed by atoms with Crippen molar-refractivity contribution in [3.8, 4) is 0 Å². The third-order valence-corrected chi connectivity index (χ3v) is 6.90. The van der Waals surface area contributed by atoms with Crippen molar-refractivity contribution >= 4 is 11.7 Å². The molecule has 1 saturated heterocycles. The highest BCUT2D eigenvalue weighted by Gasteiger charge is 2.36. The van der Waals surface area contributed by atoms with Gasteiger partial charge >= 0.3 is 0 Å². The van der Waals surface area contributed by atoms with Gasteiger partial charge in [0.2, 0.25) is 5.91 Å². The van der Waals surface area contributed by atoms with Crippen molar-refractivity contribution < 1.29 is 4.79 Å². The van der Waals surface area contributed by atoms with Gasteiger partial charge in [-0.2, -0.15) is 0 Å². The van der Waals surface area contributed by atoms with E-state index in [0.717, 1.165) is 69.1 Å². The molecule has 0 spiro atoms. The summed E-state index contributed by atoms with van der Waals surface area (Å²) in [4.78, 5) is 27.8. The van der Waals surface area contributed by atoms with Gasteiger partial charge in [0.25, 0.3) is 0 Å². The number of piperidine rings is 1. The molecule has 3 aliphatic rings. The second-order valence-corrected chi connectivity index (χ2v) is 11.1. The van der Waals surface area contributed by atoms with E-state index in [1.807, 2.05) is 7.05 Å². The van der Waals surface area contributed by atoms with Gasteiger partial charge in [0.15, 0.2) is 5.82 Å². The summed E-state index contributed by atoms with van der Waals surface area (Å²) in [7, 11) is 4.07. The molecule has 4 heterocycles. The Hall–Kier alpha value is -1.99. The van der Waals surface area contributed by atoms with Gasteiger partial charge in [-0.3, -0.25) is 4.79 Å². The van der Waals surface area contributed by atoms with Gasteiger partial charge in [-0.15, -0.1) is 0 Å². The highest BCUT2D eigenvalue weighted by Crippen LogP contribution is 2.35. The number of nitrogens with one attached hydrogen (secondary N) is 2. The number of carbonyl (C=O) groups is 1. The number of likely N-dealkylation sites (N-methyl/N-ethyl adjacent to an activating group) is 1. The Bertz CT molecular complexity index is 906. The van der Waals surface area contributed by atoms with E-state index in [1.165, 1.54) is 11.1 Å². The molecule has 1 fully saturated rings. The Morgan fingerprint density at radius 3 is 2.72 bits per heavy atom. The number of rotatable bonds is 4. The summed E-state index contributed by atoms with van der Waals surface area (Å²) in [5.41, 5.74) is 3.46. The van der Waals surface area contributed by atoms with Crippen LogP contribution in [0.25, 0.3) is 0 Å². The van der Waals surface area contributed by atoms with Crippen LogP contribution in [0.2, 0.25) is 0 Å². The first-order chi connectivity index (χ1) is 15.1.